The van der Waals surface area contributed by atoms with Crippen molar-refractivity contribution >= 4 is 17.4 Å². The number of hydrogen-bond acceptors (Lipinski definition) is 4. The Morgan fingerprint density at radius 2 is 1.88 bits per heavy atom. The summed E-state index contributed by atoms with van der Waals surface area (Å²) in [6.07, 6.45) is 1.60. The number of hydrogen-bond donors (Lipinski definition) is 0. The molecule has 0 N–H and O–H groups in total. The first-order valence-electron chi connectivity index (χ1n) is 4.82. The van der Waals surface area contributed by atoms with Gasteiger partial charge < -0.3 is 0 Å². The zero-order valence-electron chi connectivity index (χ0n) is 8.32. The minimum atomic E-state index is 0.761. The number of nitrogens with zero attached hydrogens (tertiary/aromatic N) is 4. The molecule has 0 bridgehead atoms. The van der Waals surface area contributed by atoms with Crippen molar-refractivity contribution in [1.82, 2.24) is 19.8 Å². The van der Waals surface area contributed by atoms with Crippen LogP contribution in [-0.2, 0) is 0 Å². The number of benzene rings is 1. The van der Waals surface area contributed by atoms with E-state index in [0.29, 0.717) is 0 Å². The summed E-state index contributed by atoms with van der Waals surface area (Å²) in [4.78, 5) is 1.17. The molecular formula is C11H8N4S. The number of rotatable bonds is 2. The van der Waals surface area contributed by atoms with E-state index < -0.39 is 0 Å². The molecule has 3 aromatic rings. The molecule has 0 fully saturated rings. The molecule has 0 radical (unpaired) electrons. The Morgan fingerprint density at radius 1 is 1.00 bits per heavy atom. The smallest absolute Gasteiger partial charge is 0.177 e. The van der Waals surface area contributed by atoms with Crippen LogP contribution >= 0.6 is 11.8 Å². The van der Waals surface area contributed by atoms with E-state index in [9.17, 15) is 0 Å². The highest BCUT2D eigenvalue weighted by molar-refractivity contribution is 7.99. The fourth-order valence-electron chi connectivity index (χ4n) is 1.37. The second-order valence-electron chi connectivity index (χ2n) is 3.22. The molecule has 78 valence electrons. The van der Waals surface area contributed by atoms with Gasteiger partial charge in [-0.15, -0.1) is 10.2 Å². The molecule has 4 nitrogen and oxygen atoms in total. The van der Waals surface area contributed by atoms with Gasteiger partial charge in [0.25, 0.3) is 0 Å². The van der Waals surface area contributed by atoms with Gasteiger partial charge in [0.15, 0.2) is 5.65 Å². The van der Waals surface area contributed by atoms with E-state index in [0.717, 1.165) is 10.7 Å². The van der Waals surface area contributed by atoms with E-state index >= 15 is 0 Å². The molecule has 16 heavy (non-hydrogen) atoms. The van der Waals surface area contributed by atoms with Gasteiger partial charge in [-0.2, -0.15) is 9.61 Å². The molecule has 2 aromatic heterocycles. The van der Waals surface area contributed by atoms with Crippen molar-refractivity contribution in [3.8, 4) is 0 Å². The van der Waals surface area contributed by atoms with Gasteiger partial charge in [-0.1, -0.05) is 30.0 Å². The van der Waals surface area contributed by atoms with Crippen LogP contribution in [0.5, 0.6) is 0 Å². The van der Waals surface area contributed by atoms with Crippen molar-refractivity contribution in [1.29, 1.82) is 0 Å². The summed E-state index contributed by atoms with van der Waals surface area (Å²) < 4.78 is 1.67. The van der Waals surface area contributed by atoms with Crippen LogP contribution in [0.15, 0.2) is 58.7 Å². The van der Waals surface area contributed by atoms with Gasteiger partial charge in [0, 0.05) is 4.90 Å². The van der Waals surface area contributed by atoms with Gasteiger partial charge in [0.1, 0.15) is 11.4 Å². The molecule has 0 aliphatic heterocycles. The summed E-state index contributed by atoms with van der Waals surface area (Å²) in [5, 5.41) is 13.0. The molecule has 5 heteroatoms. The fraction of sp³-hybridized carbons (Fsp3) is 0. The second-order valence-corrected chi connectivity index (χ2v) is 4.31. The van der Waals surface area contributed by atoms with E-state index in [-0.39, 0.29) is 0 Å². The lowest BCUT2D eigenvalue weighted by Gasteiger charge is -2.00. The van der Waals surface area contributed by atoms with Crippen LogP contribution in [0.2, 0.25) is 0 Å². The lowest BCUT2D eigenvalue weighted by atomic mass is 10.4. The summed E-state index contributed by atoms with van der Waals surface area (Å²) in [6, 6.07) is 14.0. The molecule has 3 rings (SSSR count). The molecule has 0 spiro atoms. The molecule has 0 saturated carbocycles. The highest BCUT2D eigenvalue weighted by atomic mass is 32.2. The van der Waals surface area contributed by atoms with Gasteiger partial charge >= 0.3 is 0 Å². The van der Waals surface area contributed by atoms with Gasteiger partial charge in [-0.05, 0) is 24.3 Å². The molecule has 0 atom stereocenters. The van der Waals surface area contributed by atoms with Gasteiger partial charge in [-0.3, -0.25) is 0 Å². The minimum absolute atomic E-state index is 0.761. The first-order chi connectivity index (χ1) is 7.92. The molecule has 0 aliphatic carbocycles. The van der Waals surface area contributed by atoms with Crippen LogP contribution < -0.4 is 0 Å². The van der Waals surface area contributed by atoms with E-state index in [2.05, 4.69) is 27.4 Å². The largest absolute Gasteiger partial charge is 0.199 e. The maximum Gasteiger partial charge on any atom is 0.177 e. The lowest BCUT2D eigenvalue weighted by Crippen LogP contribution is -1.91. The van der Waals surface area contributed by atoms with Gasteiger partial charge in [0.05, 0.1) is 0 Å². The first-order valence-corrected chi connectivity index (χ1v) is 5.63. The maximum atomic E-state index is 4.39. The van der Waals surface area contributed by atoms with E-state index in [1.807, 2.05) is 30.3 Å². The quantitative estimate of drug-likeness (QED) is 0.675. The van der Waals surface area contributed by atoms with Crippen LogP contribution in [-0.4, -0.2) is 19.8 Å². The Balaban J connectivity index is 1.94. The molecule has 0 aliphatic rings. The molecule has 1 aromatic carbocycles. The van der Waals surface area contributed by atoms with Crippen LogP contribution in [0, 0.1) is 0 Å². The zero-order chi connectivity index (χ0) is 10.8. The third-order valence-corrected chi connectivity index (χ3v) is 3.04. The van der Waals surface area contributed by atoms with Crippen LogP contribution in [0.1, 0.15) is 0 Å². The molecule has 0 unspecified atom stereocenters. The summed E-state index contributed by atoms with van der Waals surface area (Å²) in [5.41, 5.74) is 0.761. The molecule has 2 heterocycles. The second kappa shape index (κ2) is 3.94. The van der Waals surface area contributed by atoms with Crippen molar-refractivity contribution < 1.29 is 0 Å². The van der Waals surface area contributed by atoms with Crippen molar-refractivity contribution in [2.75, 3.05) is 0 Å². The SMILES string of the molecule is c1ccc(Sc2ccc3nncn3n2)cc1. The normalized spacial score (nSPS) is 10.8. The molecule has 0 amide bonds. The zero-order valence-corrected chi connectivity index (χ0v) is 9.13. The average Bonchev–Trinajstić information content (AvgIpc) is 2.77. The van der Waals surface area contributed by atoms with Crippen LogP contribution in [0.3, 0.4) is 0 Å². The Labute approximate surface area is 96.3 Å². The Hall–Kier alpha value is -1.88. The number of fused-ring (bicyclic) bond motifs is 1. The fourth-order valence-corrected chi connectivity index (χ4v) is 2.17. The Morgan fingerprint density at radius 3 is 2.75 bits per heavy atom. The van der Waals surface area contributed by atoms with Crippen molar-refractivity contribution in [2.45, 2.75) is 9.92 Å². The van der Waals surface area contributed by atoms with Crippen LogP contribution in [0.25, 0.3) is 5.65 Å². The Kier molecular flexibility index (Phi) is 2.30. The van der Waals surface area contributed by atoms with Crippen molar-refractivity contribution in [3.63, 3.8) is 0 Å². The summed E-state index contributed by atoms with van der Waals surface area (Å²) in [7, 11) is 0. The maximum absolute atomic E-state index is 4.39. The van der Waals surface area contributed by atoms with Gasteiger partial charge in [-0.25, -0.2) is 0 Å². The van der Waals surface area contributed by atoms with E-state index in [1.54, 1.807) is 22.6 Å². The standard InChI is InChI=1S/C11H8N4S/c1-2-4-9(5-3-1)16-11-7-6-10-13-12-8-15(10)14-11/h1-8H. The summed E-state index contributed by atoms with van der Waals surface area (Å²) in [6.45, 7) is 0. The summed E-state index contributed by atoms with van der Waals surface area (Å²) in [5.74, 6) is 0. The van der Waals surface area contributed by atoms with E-state index in [4.69, 9.17) is 0 Å². The van der Waals surface area contributed by atoms with Crippen molar-refractivity contribution in [3.05, 3.63) is 48.8 Å². The number of aromatic nitrogens is 4. The Bertz CT molecular complexity index is 605. The summed E-state index contributed by atoms with van der Waals surface area (Å²) >= 11 is 1.62. The minimum Gasteiger partial charge on any atom is -0.199 e. The topological polar surface area (TPSA) is 43.1 Å². The van der Waals surface area contributed by atoms with Gasteiger partial charge in [0.2, 0.25) is 0 Å². The molecule has 0 saturated heterocycles. The molecular weight excluding hydrogens is 220 g/mol. The monoisotopic (exact) mass is 228 g/mol. The highest BCUT2D eigenvalue weighted by Crippen LogP contribution is 2.24. The average molecular weight is 228 g/mol. The third kappa shape index (κ3) is 1.77. The third-order valence-electron chi connectivity index (χ3n) is 2.10. The predicted octanol–water partition coefficient (Wildman–Crippen LogP) is 2.28. The lowest BCUT2D eigenvalue weighted by molar-refractivity contribution is 0.853. The predicted molar refractivity (Wildman–Crippen MR) is 61.3 cm³/mol. The highest BCUT2D eigenvalue weighted by Gasteiger charge is 2.01. The van der Waals surface area contributed by atoms with Crippen LogP contribution in [0.4, 0.5) is 0 Å². The van der Waals surface area contributed by atoms with Crippen molar-refractivity contribution in [2.24, 2.45) is 0 Å². The van der Waals surface area contributed by atoms with E-state index in [1.165, 1.54) is 4.90 Å². The first kappa shape index (κ1) is 9.35.